The van der Waals surface area contributed by atoms with Gasteiger partial charge in [0.15, 0.2) is 0 Å². The molecule has 0 aliphatic carbocycles. The average Bonchev–Trinajstić information content (AvgIpc) is 2.37. The van der Waals surface area contributed by atoms with E-state index in [0.717, 1.165) is 6.07 Å². The molecule has 1 aromatic carbocycles. The van der Waals surface area contributed by atoms with Crippen LogP contribution in [0.2, 0.25) is 0 Å². The highest BCUT2D eigenvalue weighted by molar-refractivity contribution is 5.69. The van der Waals surface area contributed by atoms with Crippen LogP contribution in [0.3, 0.4) is 0 Å². The summed E-state index contributed by atoms with van der Waals surface area (Å²) in [5.41, 5.74) is -1.39. The zero-order valence-corrected chi connectivity index (χ0v) is 9.91. The molecule has 1 rings (SSSR count). The molecule has 0 saturated carbocycles. The first kappa shape index (κ1) is 14.6. The zero-order chi connectivity index (χ0) is 14.4. The van der Waals surface area contributed by atoms with E-state index < -0.39 is 33.8 Å². The van der Waals surface area contributed by atoms with Gasteiger partial charge in [-0.25, -0.2) is 4.39 Å². The van der Waals surface area contributed by atoms with Crippen molar-refractivity contribution in [1.29, 1.82) is 0 Å². The van der Waals surface area contributed by atoms with E-state index >= 15 is 0 Å². The Kier molecular flexibility index (Phi) is 4.94. The monoisotopic (exact) mass is 269 g/mol. The minimum absolute atomic E-state index is 0.00251. The van der Waals surface area contributed by atoms with Gasteiger partial charge in [-0.2, -0.15) is 4.39 Å². The first-order valence-corrected chi connectivity index (χ1v) is 5.15. The maximum atomic E-state index is 13.6. The van der Waals surface area contributed by atoms with Crippen molar-refractivity contribution in [3.8, 4) is 11.8 Å². The fraction of sp³-hybridized carbons (Fsp3) is 0.250. The number of benzene rings is 1. The number of hydrogen-bond acceptors (Lipinski definition) is 4. The smallest absolute Gasteiger partial charge is 0.309 e. The average molecular weight is 269 g/mol. The Morgan fingerprint density at radius 2 is 2.16 bits per heavy atom. The van der Waals surface area contributed by atoms with Gasteiger partial charge in [-0.15, -0.1) is 0 Å². The highest BCUT2D eigenvalue weighted by Crippen LogP contribution is 2.21. The van der Waals surface area contributed by atoms with Crippen molar-refractivity contribution in [3.63, 3.8) is 0 Å². The summed E-state index contributed by atoms with van der Waals surface area (Å²) in [4.78, 5) is 20.2. The molecule has 19 heavy (non-hydrogen) atoms. The fourth-order valence-electron chi connectivity index (χ4n) is 1.22. The minimum atomic E-state index is -1.20. The van der Waals surface area contributed by atoms with E-state index in [4.69, 9.17) is 0 Å². The number of rotatable bonds is 3. The lowest BCUT2D eigenvalue weighted by Gasteiger charge is -1.97. The Balaban J connectivity index is 2.93. The largest absolute Gasteiger partial charge is 0.469 e. The molecule has 5 nitrogen and oxygen atoms in total. The summed E-state index contributed by atoms with van der Waals surface area (Å²) in [6.07, 6.45) is 0.0823. The molecule has 0 atom stereocenters. The third kappa shape index (κ3) is 4.03. The molecule has 0 aliphatic heterocycles. The van der Waals surface area contributed by atoms with E-state index in [1.165, 1.54) is 7.11 Å². The summed E-state index contributed by atoms with van der Waals surface area (Å²) < 4.78 is 31.0. The number of esters is 1. The van der Waals surface area contributed by atoms with Crippen LogP contribution in [0.1, 0.15) is 18.4 Å². The number of nitro groups is 1. The molecular weight excluding hydrogens is 260 g/mol. The standard InChI is InChI=1S/C12H9F2NO4/c1-19-11(16)5-3-2-4-8-6-9(13)7-10(12(8)14)15(17)18/h6-7H,3,5H2,1H3. The first-order valence-electron chi connectivity index (χ1n) is 5.15. The zero-order valence-electron chi connectivity index (χ0n) is 9.91. The molecule has 0 fully saturated rings. The van der Waals surface area contributed by atoms with Crippen LogP contribution in [0.15, 0.2) is 12.1 Å². The number of carbonyl (C=O) groups is 1. The normalized spacial score (nSPS) is 9.42. The van der Waals surface area contributed by atoms with Gasteiger partial charge >= 0.3 is 11.7 Å². The number of carbonyl (C=O) groups excluding carboxylic acids is 1. The summed E-state index contributed by atoms with van der Waals surface area (Å²) in [7, 11) is 1.21. The van der Waals surface area contributed by atoms with Crippen LogP contribution < -0.4 is 0 Å². The van der Waals surface area contributed by atoms with Crippen LogP contribution in [-0.4, -0.2) is 18.0 Å². The number of methoxy groups -OCH3 is 1. The Hall–Kier alpha value is -2.49. The molecule has 0 amide bonds. The Bertz CT molecular complexity index is 575. The van der Waals surface area contributed by atoms with Gasteiger partial charge in [0.25, 0.3) is 0 Å². The Labute approximate surface area is 107 Å². The maximum absolute atomic E-state index is 13.6. The third-order valence-electron chi connectivity index (χ3n) is 2.12. The van der Waals surface area contributed by atoms with Crippen molar-refractivity contribution in [2.24, 2.45) is 0 Å². The fourth-order valence-corrected chi connectivity index (χ4v) is 1.22. The molecular formula is C12H9F2NO4. The second-order valence-corrected chi connectivity index (χ2v) is 3.42. The van der Waals surface area contributed by atoms with Crippen molar-refractivity contribution in [2.45, 2.75) is 12.8 Å². The van der Waals surface area contributed by atoms with Crippen LogP contribution in [0.4, 0.5) is 14.5 Å². The lowest BCUT2D eigenvalue weighted by Crippen LogP contribution is -1.98. The molecule has 0 N–H and O–H groups in total. The van der Waals surface area contributed by atoms with Crippen molar-refractivity contribution in [2.75, 3.05) is 7.11 Å². The molecule has 0 spiro atoms. The number of nitrogens with zero attached hydrogens (tertiary/aromatic N) is 1. The summed E-state index contributed by atoms with van der Waals surface area (Å²) in [6, 6.07) is 1.24. The lowest BCUT2D eigenvalue weighted by atomic mass is 10.1. The number of halogens is 2. The van der Waals surface area contributed by atoms with Crippen molar-refractivity contribution >= 4 is 11.7 Å². The summed E-state index contributed by atoms with van der Waals surface area (Å²) >= 11 is 0. The Morgan fingerprint density at radius 1 is 1.47 bits per heavy atom. The van der Waals surface area contributed by atoms with Crippen LogP contribution in [0.25, 0.3) is 0 Å². The van der Waals surface area contributed by atoms with Crippen LogP contribution in [0.5, 0.6) is 0 Å². The quantitative estimate of drug-likeness (QED) is 0.365. The number of hydrogen-bond donors (Lipinski definition) is 0. The van der Waals surface area contributed by atoms with Gasteiger partial charge in [-0.1, -0.05) is 11.8 Å². The van der Waals surface area contributed by atoms with Crippen LogP contribution >= 0.6 is 0 Å². The first-order chi connectivity index (χ1) is 8.95. The lowest BCUT2D eigenvalue weighted by molar-refractivity contribution is -0.387. The van der Waals surface area contributed by atoms with Gasteiger partial charge < -0.3 is 4.74 Å². The predicted molar refractivity (Wildman–Crippen MR) is 61.1 cm³/mol. The molecule has 0 heterocycles. The number of nitro benzene ring substituents is 1. The second-order valence-electron chi connectivity index (χ2n) is 3.42. The molecule has 0 aromatic heterocycles. The minimum Gasteiger partial charge on any atom is -0.469 e. The third-order valence-corrected chi connectivity index (χ3v) is 2.12. The van der Waals surface area contributed by atoms with Crippen molar-refractivity contribution < 1.29 is 23.2 Å². The van der Waals surface area contributed by atoms with Gasteiger partial charge in [-0.05, 0) is 6.07 Å². The van der Waals surface area contributed by atoms with E-state index in [-0.39, 0.29) is 12.8 Å². The molecule has 0 bridgehead atoms. The summed E-state index contributed by atoms with van der Waals surface area (Å²) in [6.45, 7) is 0. The second kappa shape index (κ2) is 6.44. The summed E-state index contributed by atoms with van der Waals surface area (Å²) in [5.74, 6) is 2.04. The molecule has 1 aromatic rings. The molecule has 0 saturated heterocycles. The molecule has 0 radical (unpaired) electrons. The van der Waals surface area contributed by atoms with Gasteiger partial charge in [-0.3, -0.25) is 14.9 Å². The highest BCUT2D eigenvalue weighted by Gasteiger charge is 2.19. The van der Waals surface area contributed by atoms with E-state index in [2.05, 4.69) is 16.6 Å². The molecule has 0 aliphatic rings. The van der Waals surface area contributed by atoms with E-state index in [9.17, 15) is 23.7 Å². The van der Waals surface area contributed by atoms with Crippen LogP contribution in [0, 0.1) is 33.6 Å². The van der Waals surface area contributed by atoms with Crippen LogP contribution in [-0.2, 0) is 9.53 Å². The van der Waals surface area contributed by atoms with E-state index in [0.29, 0.717) is 6.07 Å². The van der Waals surface area contributed by atoms with Crippen molar-refractivity contribution in [3.05, 3.63) is 39.4 Å². The van der Waals surface area contributed by atoms with Gasteiger partial charge in [0, 0.05) is 6.42 Å². The molecule has 7 heteroatoms. The Morgan fingerprint density at radius 3 is 2.74 bits per heavy atom. The van der Waals surface area contributed by atoms with Gasteiger partial charge in [0.1, 0.15) is 5.82 Å². The van der Waals surface area contributed by atoms with Gasteiger partial charge in [0.05, 0.1) is 30.1 Å². The highest BCUT2D eigenvalue weighted by atomic mass is 19.1. The summed E-state index contributed by atoms with van der Waals surface area (Å²) in [5, 5.41) is 10.5. The topological polar surface area (TPSA) is 69.4 Å². The molecule has 0 unspecified atom stereocenters. The van der Waals surface area contributed by atoms with Crippen molar-refractivity contribution in [1.82, 2.24) is 0 Å². The predicted octanol–water partition coefficient (Wildman–Crippen LogP) is 2.18. The van der Waals surface area contributed by atoms with E-state index in [1.54, 1.807) is 0 Å². The van der Waals surface area contributed by atoms with Gasteiger partial charge in [0.2, 0.25) is 5.82 Å². The number of ether oxygens (including phenoxy) is 1. The maximum Gasteiger partial charge on any atom is 0.309 e. The SMILES string of the molecule is COC(=O)CCC#Cc1cc(F)cc([N+](=O)[O-])c1F. The van der Waals surface area contributed by atoms with E-state index in [1.807, 2.05) is 0 Å². The molecule has 100 valence electrons.